The fraction of sp³-hybridized carbons (Fsp3) is 0.222. The predicted molar refractivity (Wildman–Crippen MR) is 102 cm³/mol. The molecule has 0 unspecified atom stereocenters. The molecule has 0 atom stereocenters. The van der Waals surface area contributed by atoms with Gasteiger partial charge in [0.2, 0.25) is 0 Å². The van der Waals surface area contributed by atoms with E-state index in [4.69, 9.17) is 16.3 Å². The summed E-state index contributed by atoms with van der Waals surface area (Å²) in [4.78, 5) is 23.8. The van der Waals surface area contributed by atoms with Gasteiger partial charge in [-0.25, -0.2) is 8.42 Å². The quantitative estimate of drug-likeness (QED) is 0.709. The summed E-state index contributed by atoms with van der Waals surface area (Å²) in [6, 6.07) is 11.1. The molecular formula is C18H19ClN2O5S. The molecule has 2 N–H and O–H groups in total. The summed E-state index contributed by atoms with van der Waals surface area (Å²) in [5.41, 5.74) is 6.18. The van der Waals surface area contributed by atoms with E-state index in [1.807, 2.05) is 6.92 Å². The largest absolute Gasteiger partial charge is 0.484 e. The van der Waals surface area contributed by atoms with Crippen LogP contribution in [0.1, 0.15) is 21.5 Å². The van der Waals surface area contributed by atoms with Gasteiger partial charge >= 0.3 is 0 Å². The summed E-state index contributed by atoms with van der Waals surface area (Å²) in [5, 5.41) is 0.599. The molecule has 0 aliphatic rings. The van der Waals surface area contributed by atoms with E-state index in [1.54, 1.807) is 30.3 Å². The molecule has 0 aliphatic heterocycles. The van der Waals surface area contributed by atoms with Crippen molar-refractivity contribution in [3.8, 4) is 5.75 Å². The van der Waals surface area contributed by atoms with Crippen molar-refractivity contribution in [1.82, 2.24) is 10.9 Å². The number of hydrazine groups is 1. The molecule has 27 heavy (non-hydrogen) atoms. The van der Waals surface area contributed by atoms with Crippen LogP contribution >= 0.6 is 11.6 Å². The van der Waals surface area contributed by atoms with E-state index in [0.717, 1.165) is 11.8 Å². The molecule has 9 heteroatoms. The van der Waals surface area contributed by atoms with E-state index in [-0.39, 0.29) is 17.9 Å². The molecule has 2 amide bonds. The first-order valence-corrected chi connectivity index (χ1v) is 10.3. The van der Waals surface area contributed by atoms with Crippen LogP contribution in [0.4, 0.5) is 0 Å². The van der Waals surface area contributed by atoms with Gasteiger partial charge in [0.15, 0.2) is 16.4 Å². The highest BCUT2D eigenvalue weighted by atomic mass is 35.5. The molecule has 0 fully saturated rings. The number of hydrogen-bond donors (Lipinski definition) is 2. The Morgan fingerprint density at radius 2 is 1.74 bits per heavy atom. The van der Waals surface area contributed by atoms with Crippen LogP contribution in [-0.4, -0.2) is 33.1 Å². The van der Waals surface area contributed by atoms with Crippen molar-refractivity contribution in [3.05, 3.63) is 64.2 Å². The number of hydrogen-bond acceptors (Lipinski definition) is 5. The third-order valence-electron chi connectivity index (χ3n) is 3.46. The number of nitrogens with one attached hydrogen (secondary N) is 2. The second-order valence-corrected chi connectivity index (χ2v) is 8.52. The molecule has 0 aliphatic carbocycles. The minimum atomic E-state index is -3.14. The topological polar surface area (TPSA) is 102 Å². The van der Waals surface area contributed by atoms with Crippen LogP contribution in [0.2, 0.25) is 5.02 Å². The average Bonchev–Trinajstić information content (AvgIpc) is 2.60. The first kappa shape index (κ1) is 20.7. The Morgan fingerprint density at radius 1 is 1.07 bits per heavy atom. The second-order valence-electron chi connectivity index (χ2n) is 5.97. The SMILES string of the molecule is Cc1cc(OCC(=O)NNC(=O)c2ccc(CS(C)(=O)=O)cc2)ccc1Cl. The van der Waals surface area contributed by atoms with Crippen LogP contribution in [0.3, 0.4) is 0 Å². The van der Waals surface area contributed by atoms with E-state index < -0.39 is 21.7 Å². The number of ether oxygens (including phenoxy) is 1. The van der Waals surface area contributed by atoms with E-state index in [1.165, 1.54) is 12.1 Å². The molecule has 2 rings (SSSR count). The van der Waals surface area contributed by atoms with Crippen LogP contribution in [0, 0.1) is 6.92 Å². The van der Waals surface area contributed by atoms with Crippen molar-refractivity contribution in [1.29, 1.82) is 0 Å². The zero-order chi connectivity index (χ0) is 20.0. The molecule has 0 bridgehead atoms. The van der Waals surface area contributed by atoms with Gasteiger partial charge in [-0.2, -0.15) is 0 Å². The summed E-state index contributed by atoms with van der Waals surface area (Å²) >= 11 is 5.92. The lowest BCUT2D eigenvalue weighted by atomic mass is 10.1. The number of rotatable bonds is 6. The van der Waals surface area contributed by atoms with Gasteiger partial charge < -0.3 is 4.74 Å². The zero-order valence-electron chi connectivity index (χ0n) is 14.8. The Labute approximate surface area is 162 Å². The first-order chi connectivity index (χ1) is 12.6. The van der Waals surface area contributed by atoms with Gasteiger partial charge in [-0.1, -0.05) is 23.7 Å². The monoisotopic (exact) mass is 410 g/mol. The molecular weight excluding hydrogens is 392 g/mol. The van der Waals surface area contributed by atoms with Gasteiger partial charge in [0.25, 0.3) is 11.8 Å². The van der Waals surface area contributed by atoms with Crippen molar-refractivity contribution < 1.29 is 22.7 Å². The maximum absolute atomic E-state index is 12.0. The summed E-state index contributed by atoms with van der Waals surface area (Å²) in [7, 11) is -3.14. The molecule has 144 valence electrons. The zero-order valence-corrected chi connectivity index (χ0v) is 16.4. The van der Waals surface area contributed by atoms with Crippen LogP contribution in [-0.2, 0) is 20.4 Å². The highest BCUT2D eigenvalue weighted by molar-refractivity contribution is 7.89. The van der Waals surface area contributed by atoms with Crippen LogP contribution in [0.25, 0.3) is 0 Å². The van der Waals surface area contributed by atoms with Crippen molar-refractivity contribution in [2.75, 3.05) is 12.9 Å². The van der Waals surface area contributed by atoms with Crippen molar-refractivity contribution >= 4 is 33.3 Å². The lowest BCUT2D eigenvalue weighted by Gasteiger charge is -2.10. The summed E-state index contributed by atoms with van der Waals surface area (Å²) in [5.74, 6) is -0.686. The Hall–Kier alpha value is -2.58. The van der Waals surface area contributed by atoms with Crippen LogP contribution in [0.15, 0.2) is 42.5 Å². The van der Waals surface area contributed by atoms with E-state index in [9.17, 15) is 18.0 Å². The van der Waals surface area contributed by atoms with Crippen molar-refractivity contribution in [2.45, 2.75) is 12.7 Å². The van der Waals surface area contributed by atoms with Gasteiger partial charge in [-0.15, -0.1) is 0 Å². The molecule has 0 aromatic heterocycles. The van der Waals surface area contributed by atoms with Gasteiger partial charge in [0.05, 0.1) is 5.75 Å². The van der Waals surface area contributed by atoms with E-state index in [0.29, 0.717) is 16.3 Å². The maximum Gasteiger partial charge on any atom is 0.276 e. The third-order valence-corrected chi connectivity index (χ3v) is 4.74. The summed E-state index contributed by atoms with van der Waals surface area (Å²) < 4.78 is 27.8. The lowest BCUT2D eigenvalue weighted by Crippen LogP contribution is -2.43. The Bertz CT molecular complexity index is 943. The van der Waals surface area contributed by atoms with Crippen molar-refractivity contribution in [3.63, 3.8) is 0 Å². The first-order valence-electron chi connectivity index (χ1n) is 7.89. The van der Waals surface area contributed by atoms with Gasteiger partial charge in [0.1, 0.15) is 5.75 Å². The standard InChI is InChI=1S/C18H19ClN2O5S/c1-12-9-15(7-8-16(12)19)26-10-17(22)20-21-18(23)14-5-3-13(4-6-14)11-27(2,24)25/h3-9H,10-11H2,1-2H3,(H,20,22)(H,21,23). The number of amides is 2. The summed E-state index contributed by atoms with van der Waals surface area (Å²) in [6.45, 7) is 1.53. The van der Waals surface area contributed by atoms with Gasteiger partial charge in [-0.05, 0) is 48.4 Å². The number of halogens is 1. The van der Waals surface area contributed by atoms with Gasteiger partial charge in [-0.3, -0.25) is 20.4 Å². The number of carbonyl (C=O) groups is 2. The molecule has 0 spiro atoms. The lowest BCUT2D eigenvalue weighted by molar-refractivity contribution is -0.123. The van der Waals surface area contributed by atoms with Crippen LogP contribution < -0.4 is 15.6 Å². The van der Waals surface area contributed by atoms with E-state index >= 15 is 0 Å². The number of sulfone groups is 1. The molecule has 0 saturated carbocycles. The smallest absolute Gasteiger partial charge is 0.276 e. The minimum absolute atomic E-state index is 0.104. The van der Waals surface area contributed by atoms with E-state index in [2.05, 4.69) is 10.9 Å². The molecule has 0 saturated heterocycles. The third kappa shape index (κ3) is 6.92. The predicted octanol–water partition coefficient (Wildman–Crippen LogP) is 2.03. The minimum Gasteiger partial charge on any atom is -0.484 e. The molecule has 2 aromatic rings. The second kappa shape index (κ2) is 8.88. The number of carbonyl (C=O) groups excluding carboxylic acids is 2. The fourth-order valence-electron chi connectivity index (χ4n) is 2.15. The number of aryl methyl sites for hydroxylation is 1. The summed E-state index contributed by atoms with van der Waals surface area (Å²) in [6.07, 6.45) is 1.14. The average molecular weight is 411 g/mol. The normalized spacial score (nSPS) is 10.9. The maximum atomic E-state index is 12.0. The molecule has 2 aromatic carbocycles. The Kier molecular flexibility index (Phi) is 6.81. The Balaban J connectivity index is 1.82. The molecule has 0 heterocycles. The van der Waals surface area contributed by atoms with Crippen molar-refractivity contribution in [2.24, 2.45) is 0 Å². The highest BCUT2D eigenvalue weighted by Crippen LogP contribution is 2.20. The Morgan fingerprint density at radius 3 is 2.33 bits per heavy atom. The van der Waals surface area contributed by atoms with Gasteiger partial charge in [0, 0.05) is 16.8 Å². The van der Waals surface area contributed by atoms with Crippen LogP contribution in [0.5, 0.6) is 5.75 Å². The highest BCUT2D eigenvalue weighted by Gasteiger charge is 2.10. The number of benzene rings is 2. The molecule has 7 nitrogen and oxygen atoms in total. The molecule has 0 radical (unpaired) electrons. The fourth-order valence-corrected chi connectivity index (χ4v) is 3.06.